The van der Waals surface area contributed by atoms with Gasteiger partial charge in [-0.05, 0) is 37.6 Å². The van der Waals surface area contributed by atoms with Crippen molar-refractivity contribution in [2.45, 2.75) is 26.3 Å². The van der Waals surface area contributed by atoms with Gasteiger partial charge >= 0.3 is 0 Å². The highest BCUT2D eigenvalue weighted by Gasteiger charge is 2.18. The van der Waals surface area contributed by atoms with Gasteiger partial charge in [0.2, 0.25) is 5.91 Å². The molecule has 112 valence electrons. The summed E-state index contributed by atoms with van der Waals surface area (Å²) >= 11 is 5.89. The van der Waals surface area contributed by atoms with Gasteiger partial charge < -0.3 is 15.1 Å². The van der Waals surface area contributed by atoms with Gasteiger partial charge in [0.1, 0.15) is 11.6 Å². The van der Waals surface area contributed by atoms with Gasteiger partial charge in [-0.3, -0.25) is 9.59 Å². The number of carbonyl (C=O) groups excluding carboxylic acids is 2. The average Bonchev–Trinajstić information content (AvgIpc) is 2.87. The van der Waals surface area contributed by atoms with E-state index in [0.29, 0.717) is 17.2 Å². The summed E-state index contributed by atoms with van der Waals surface area (Å²) in [6, 6.07) is 6.09. The van der Waals surface area contributed by atoms with Gasteiger partial charge in [-0.1, -0.05) is 18.5 Å². The van der Waals surface area contributed by atoms with Gasteiger partial charge in [0, 0.05) is 17.0 Å². The van der Waals surface area contributed by atoms with Crippen LogP contribution in [-0.2, 0) is 4.79 Å². The summed E-state index contributed by atoms with van der Waals surface area (Å²) < 4.78 is 5.44. The molecular weight excluding hydrogens is 292 g/mol. The smallest absolute Gasteiger partial charge is 0.287 e. The molecule has 2 amide bonds. The van der Waals surface area contributed by atoms with E-state index in [2.05, 4.69) is 10.6 Å². The van der Waals surface area contributed by atoms with Crippen LogP contribution < -0.4 is 10.6 Å². The molecule has 1 aromatic carbocycles. The normalized spacial score (nSPS) is 12.1. The summed E-state index contributed by atoms with van der Waals surface area (Å²) in [5.74, 6) is -0.492. The van der Waals surface area contributed by atoms with Crippen LogP contribution in [0.4, 0.5) is 0 Å². The van der Waals surface area contributed by atoms with Crippen LogP contribution in [0.5, 0.6) is 0 Å². The SMILES string of the molecule is CCCNC(=O)[C@H](C)NC(=O)c1cc2cc(Cl)ccc2o1. The lowest BCUT2D eigenvalue weighted by Gasteiger charge is -2.12. The van der Waals surface area contributed by atoms with Crippen molar-refractivity contribution in [3.8, 4) is 0 Å². The molecule has 0 aliphatic carbocycles. The second-order valence-electron chi connectivity index (χ2n) is 4.78. The first-order valence-corrected chi connectivity index (χ1v) is 7.16. The molecule has 0 saturated heterocycles. The number of carbonyl (C=O) groups is 2. The van der Waals surface area contributed by atoms with Crippen LogP contribution >= 0.6 is 11.6 Å². The van der Waals surface area contributed by atoms with Gasteiger partial charge in [-0.15, -0.1) is 0 Å². The summed E-state index contributed by atoms with van der Waals surface area (Å²) in [6.45, 7) is 4.17. The van der Waals surface area contributed by atoms with Gasteiger partial charge in [0.05, 0.1) is 0 Å². The third-order valence-electron chi connectivity index (χ3n) is 2.99. The minimum Gasteiger partial charge on any atom is -0.451 e. The molecule has 0 radical (unpaired) electrons. The number of nitrogens with one attached hydrogen (secondary N) is 2. The second-order valence-corrected chi connectivity index (χ2v) is 5.22. The number of benzene rings is 1. The number of hydrogen-bond donors (Lipinski definition) is 2. The van der Waals surface area contributed by atoms with E-state index in [0.717, 1.165) is 11.8 Å². The highest BCUT2D eigenvalue weighted by Crippen LogP contribution is 2.22. The maximum absolute atomic E-state index is 12.1. The summed E-state index contributed by atoms with van der Waals surface area (Å²) in [5, 5.41) is 6.64. The fraction of sp³-hybridized carbons (Fsp3) is 0.333. The minimum absolute atomic E-state index is 0.155. The molecule has 0 bridgehead atoms. The molecule has 0 spiro atoms. The number of furan rings is 1. The molecule has 1 aromatic heterocycles. The third-order valence-corrected chi connectivity index (χ3v) is 3.23. The summed E-state index contributed by atoms with van der Waals surface area (Å²) in [4.78, 5) is 23.8. The van der Waals surface area contributed by atoms with E-state index in [9.17, 15) is 9.59 Å². The Bertz CT molecular complexity index is 666. The van der Waals surface area contributed by atoms with Crippen molar-refractivity contribution < 1.29 is 14.0 Å². The van der Waals surface area contributed by atoms with Crippen molar-refractivity contribution in [3.63, 3.8) is 0 Å². The molecule has 2 rings (SSSR count). The Morgan fingerprint density at radius 3 is 2.81 bits per heavy atom. The molecule has 6 heteroatoms. The Labute approximate surface area is 127 Å². The molecule has 0 aliphatic heterocycles. The Balaban J connectivity index is 2.06. The van der Waals surface area contributed by atoms with E-state index in [1.807, 2.05) is 6.92 Å². The lowest BCUT2D eigenvalue weighted by atomic mass is 10.2. The average molecular weight is 309 g/mol. The number of rotatable bonds is 5. The van der Waals surface area contributed by atoms with Crippen molar-refractivity contribution >= 4 is 34.4 Å². The molecule has 2 aromatic rings. The molecule has 1 atom stereocenters. The van der Waals surface area contributed by atoms with Crippen LogP contribution in [0, 0.1) is 0 Å². The summed E-state index contributed by atoms with van der Waals surface area (Å²) in [7, 11) is 0. The van der Waals surface area contributed by atoms with E-state index in [4.69, 9.17) is 16.0 Å². The standard InChI is InChI=1S/C15H17ClN2O3/c1-3-6-17-14(19)9(2)18-15(20)13-8-10-7-11(16)4-5-12(10)21-13/h4-5,7-9H,3,6H2,1-2H3,(H,17,19)(H,18,20)/t9-/m0/s1. The molecule has 0 saturated carbocycles. The lowest BCUT2D eigenvalue weighted by molar-refractivity contribution is -0.122. The zero-order valence-corrected chi connectivity index (χ0v) is 12.7. The highest BCUT2D eigenvalue weighted by molar-refractivity contribution is 6.31. The van der Waals surface area contributed by atoms with E-state index in [1.54, 1.807) is 31.2 Å². The Morgan fingerprint density at radius 1 is 1.33 bits per heavy atom. The zero-order chi connectivity index (χ0) is 15.4. The predicted octanol–water partition coefficient (Wildman–Crippen LogP) is 2.73. The second kappa shape index (κ2) is 6.63. The lowest BCUT2D eigenvalue weighted by Crippen LogP contribution is -2.44. The maximum Gasteiger partial charge on any atom is 0.287 e. The van der Waals surface area contributed by atoms with Gasteiger partial charge in [0.25, 0.3) is 5.91 Å². The molecule has 21 heavy (non-hydrogen) atoms. The number of hydrogen-bond acceptors (Lipinski definition) is 3. The molecule has 2 N–H and O–H groups in total. The fourth-order valence-electron chi connectivity index (χ4n) is 1.86. The van der Waals surface area contributed by atoms with Crippen molar-refractivity contribution in [1.29, 1.82) is 0 Å². The monoisotopic (exact) mass is 308 g/mol. The van der Waals surface area contributed by atoms with Crippen molar-refractivity contribution in [2.75, 3.05) is 6.54 Å². The van der Waals surface area contributed by atoms with Crippen molar-refractivity contribution in [3.05, 3.63) is 35.0 Å². The maximum atomic E-state index is 12.1. The molecular formula is C15H17ClN2O3. The van der Waals surface area contributed by atoms with E-state index >= 15 is 0 Å². The topological polar surface area (TPSA) is 71.3 Å². The van der Waals surface area contributed by atoms with Crippen LogP contribution in [0.1, 0.15) is 30.8 Å². The number of amides is 2. The van der Waals surface area contributed by atoms with Crippen molar-refractivity contribution in [2.24, 2.45) is 0 Å². The van der Waals surface area contributed by atoms with Crippen molar-refractivity contribution in [1.82, 2.24) is 10.6 Å². The molecule has 0 aliphatic rings. The van der Waals surface area contributed by atoms with E-state index < -0.39 is 11.9 Å². The van der Waals surface area contributed by atoms with E-state index in [-0.39, 0.29) is 11.7 Å². The van der Waals surface area contributed by atoms with Gasteiger partial charge in [-0.25, -0.2) is 0 Å². The van der Waals surface area contributed by atoms with Crippen LogP contribution in [0.2, 0.25) is 5.02 Å². The Kier molecular flexibility index (Phi) is 4.85. The first-order valence-electron chi connectivity index (χ1n) is 6.79. The molecule has 5 nitrogen and oxygen atoms in total. The summed E-state index contributed by atoms with van der Waals surface area (Å²) in [6.07, 6.45) is 0.844. The van der Waals surface area contributed by atoms with Crippen LogP contribution in [-0.4, -0.2) is 24.4 Å². The van der Waals surface area contributed by atoms with Gasteiger partial charge in [-0.2, -0.15) is 0 Å². The van der Waals surface area contributed by atoms with Gasteiger partial charge in [0.15, 0.2) is 5.76 Å². The minimum atomic E-state index is -0.624. The molecule has 0 fully saturated rings. The van der Waals surface area contributed by atoms with E-state index in [1.165, 1.54) is 0 Å². The Hall–Kier alpha value is -2.01. The van der Waals surface area contributed by atoms with Crippen LogP contribution in [0.25, 0.3) is 11.0 Å². The first-order chi connectivity index (χ1) is 10.0. The number of fused-ring (bicyclic) bond motifs is 1. The zero-order valence-electron chi connectivity index (χ0n) is 11.9. The molecule has 1 heterocycles. The highest BCUT2D eigenvalue weighted by atomic mass is 35.5. The number of halogens is 1. The first kappa shape index (κ1) is 15.4. The third kappa shape index (κ3) is 3.76. The predicted molar refractivity (Wildman–Crippen MR) is 81.5 cm³/mol. The largest absolute Gasteiger partial charge is 0.451 e. The fourth-order valence-corrected chi connectivity index (χ4v) is 2.04. The van der Waals surface area contributed by atoms with Crippen LogP contribution in [0.3, 0.4) is 0 Å². The summed E-state index contributed by atoms with van der Waals surface area (Å²) in [5.41, 5.74) is 0.577. The quantitative estimate of drug-likeness (QED) is 0.892. The van der Waals surface area contributed by atoms with Crippen LogP contribution in [0.15, 0.2) is 28.7 Å². The molecule has 0 unspecified atom stereocenters. The Morgan fingerprint density at radius 2 is 2.10 bits per heavy atom.